The van der Waals surface area contributed by atoms with Gasteiger partial charge in [0.2, 0.25) is 5.91 Å². The summed E-state index contributed by atoms with van der Waals surface area (Å²) in [5.41, 5.74) is 5.40. The lowest BCUT2D eigenvalue weighted by Crippen LogP contribution is -2.37. The molecule has 0 bridgehead atoms. The summed E-state index contributed by atoms with van der Waals surface area (Å²) < 4.78 is 1.82. The van der Waals surface area contributed by atoms with Crippen LogP contribution in [-0.4, -0.2) is 26.7 Å². The number of nitrogens with zero attached hydrogens (tertiary/aromatic N) is 3. The summed E-state index contributed by atoms with van der Waals surface area (Å²) in [5.74, 6) is 0.0441. The maximum absolute atomic E-state index is 13.3. The molecule has 3 heterocycles. The van der Waals surface area contributed by atoms with E-state index in [4.69, 9.17) is 39.8 Å². The summed E-state index contributed by atoms with van der Waals surface area (Å²) in [6, 6.07) is 17.3. The zero-order valence-electron chi connectivity index (χ0n) is 16.5. The third-order valence-electron chi connectivity index (χ3n) is 5.66. The van der Waals surface area contributed by atoms with Crippen molar-refractivity contribution in [2.45, 2.75) is 19.4 Å². The maximum atomic E-state index is 13.3. The van der Waals surface area contributed by atoms with Crippen LogP contribution in [0.25, 0.3) is 16.9 Å². The Bertz CT molecular complexity index is 1300. The van der Waals surface area contributed by atoms with E-state index in [1.165, 1.54) is 11.1 Å². The first-order valence-corrected chi connectivity index (χ1v) is 11.1. The molecule has 31 heavy (non-hydrogen) atoms. The van der Waals surface area contributed by atoms with E-state index in [0.29, 0.717) is 39.5 Å². The minimum atomic E-state index is 0.0441. The van der Waals surface area contributed by atoms with Crippen LogP contribution in [0.2, 0.25) is 15.1 Å². The summed E-state index contributed by atoms with van der Waals surface area (Å²) in [6.45, 7) is 1.31. The van der Waals surface area contributed by atoms with E-state index < -0.39 is 0 Å². The van der Waals surface area contributed by atoms with Gasteiger partial charge in [0.1, 0.15) is 0 Å². The first kappa shape index (κ1) is 20.4. The second-order valence-electron chi connectivity index (χ2n) is 7.62. The van der Waals surface area contributed by atoms with Crippen LogP contribution >= 0.6 is 34.8 Å². The first-order valence-electron chi connectivity index (χ1n) is 9.96. The number of aromatic nitrogens is 2. The van der Waals surface area contributed by atoms with Crippen LogP contribution in [-0.2, 0) is 24.2 Å². The largest absolute Gasteiger partial charge is 0.338 e. The second-order valence-corrected chi connectivity index (χ2v) is 8.90. The van der Waals surface area contributed by atoms with Crippen LogP contribution in [0, 0.1) is 0 Å². The zero-order valence-corrected chi connectivity index (χ0v) is 18.8. The monoisotopic (exact) mass is 469 g/mol. The van der Waals surface area contributed by atoms with Gasteiger partial charge >= 0.3 is 0 Å². The fraction of sp³-hybridized carbons (Fsp3) is 0.167. The number of carbonyl (C=O) groups excluding carboxylic acids is 1. The topological polar surface area (TPSA) is 37.6 Å². The van der Waals surface area contributed by atoms with Gasteiger partial charge < -0.3 is 9.30 Å². The zero-order chi connectivity index (χ0) is 21.5. The Morgan fingerprint density at radius 2 is 1.71 bits per heavy atom. The Labute approximate surface area is 195 Å². The lowest BCUT2D eigenvalue weighted by Gasteiger charge is -2.29. The molecular weight excluding hydrogens is 453 g/mol. The van der Waals surface area contributed by atoms with E-state index in [0.717, 1.165) is 17.7 Å². The average Bonchev–Trinajstić information content (AvgIpc) is 3.12. The van der Waals surface area contributed by atoms with Gasteiger partial charge in [0.15, 0.2) is 5.65 Å². The number of hydrogen-bond acceptors (Lipinski definition) is 2. The summed E-state index contributed by atoms with van der Waals surface area (Å²) in [5, 5.41) is 1.56. The molecule has 4 nitrogen and oxygen atoms in total. The van der Waals surface area contributed by atoms with Crippen LogP contribution in [0.4, 0.5) is 0 Å². The molecule has 0 saturated heterocycles. The molecule has 0 atom stereocenters. The molecule has 1 amide bonds. The van der Waals surface area contributed by atoms with Crippen LogP contribution in [0.15, 0.2) is 60.8 Å². The van der Waals surface area contributed by atoms with E-state index >= 15 is 0 Å². The quantitative estimate of drug-likeness (QED) is 0.363. The van der Waals surface area contributed by atoms with E-state index in [-0.39, 0.29) is 12.3 Å². The van der Waals surface area contributed by atoms with E-state index in [1.807, 2.05) is 45.7 Å². The molecule has 0 saturated carbocycles. The average molecular weight is 471 g/mol. The van der Waals surface area contributed by atoms with Crippen molar-refractivity contribution in [3.63, 3.8) is 0 Å². The Morgan fingerprint density at radius 1 is 0.968 bits per heavy atom. The van der Waals surface area contributed by atoms with Gasteiger partial charge in [-0.25, -0.2) is 4.98 Å². The summed E-state index contributed by atoms with van der Waals surface area (Å²) in [4.78, 5) is 20.0. The standard InChI is InChI=1S/C24H18Cl3N3O/c25-18-7-5-16(6-8-18)23-21(30-14-19(26)11-20(27)24(30)28-23)12-22(31)29-10-9-15-3-1-2-4-17(15)13-29/h1-8,11,14H,9-10,12-13H2. The number of carbonyl (C=O) groups is 1. The van der Waals surface area contributed by atoms with E-state index in [9.17, 15) is 4.79 Å². The van der Waals surface area contributed by atoms with Gasteiger partial charge in [-0.3, -0.25) is 4.79 Å². The van der Waals surface area contributed by atoms with Crippen molar-refractivity contribution in [1.29, 1.82) is 0 Å². The first-order chi connectivity index (χ1) is 15.0. The third kappa shape index (κ3) is 3.91. The molecule has 0 fully saturated rings. The lowest BCUT2D eigenvalue weighted by molar-refractivity contribution is -0.131. The number of amides is 1. The number of hydrogen-bond donors (Lipinski definition) is 0. The van der Waals surface area contributed by atoms with Crippen LogP contribution in [0.1, 0.15) is 16.8 Å². The highest BCUT2D eigenvalue weighted by Crippen LogP contribution is 2.31. The van der Waals surface area contributed by atoms with E-state index in [2.05, 4.69) is 12.1 Å². The van der Waals surface area contributed by atoms with Gasteiger partial charge in [-0.15, -0.1) is 0 Å². The van der Waals surface area contributed by atoms with Crippen LogP contribution in [0.5, 0.6) is 0 Å². The fourth-order valence-corrected chi connectivity index (χ4v) is 4.73. The smallest absolute Gasteiger partial charge is 0.228 e. The van der Waals surface area contributed by atoms with E-state index in [1.54, 1.807) is 12.3 Å². The van der Waals surface area contributed by atoms with Crippen LogP contribution < -0.4 is 0 Å². The molecule has 2 aromatic carbocycles. The normalized spacial score (nSPS) is 13.5. The molecule has 5 rings (SSSR count). The predicted molar refractivity (Wildman–Crippen MR) is 125 cm³/mol. The van der Waals surface area contributed by atoms with Gasteiger partial charge in [0.05, 0.1) is 27.9 Å². The highest BCUT2D eigenvalue weighted by Gasteiger charge is 2.24. The Morgan fingerprint density at radius 3 is 2.48 bits per heavy atom. The van der Waals surface area contributed by atoms with Gasteiger partial charge in [0.25, 0.3) is 0 Å². The fourth-order valence-electron chi connectivity index (χ4n) is 4.09. The Kier molecular flexibility index (Phi) is 5.39. The highest BCUT2D eigenvalue weighted by molar-refractivity contribution is 6.36. The van der Waals surface area contributed by atoms with Crippen molar-refractivity contribution in [3.05, 3.63) is 92.7 Å². The molecule has 0 N–H and O–H groups in total. The molecule has 1 aliphatic rings. The Balaban J connectivity index is 1.54. The minimum absolute atomic E-state index is 0.0441. The molecule has 0 aliphatic carbocycles. The lowest BCUT2D eigenvalue weighted by atomic mass is 9.99. The van der Waals surface area contributed by atoms with Crippen molar-refractivity contribution < 1.29 is 4.79 Å². The molecular formula is C24H18Cl3N3O. The number of fused-ring (bicyclic) bond motifs is 2. The molecule has 4 aromatic rings. The maximum Gasteiger partial charge on any atom is 0.228 e. The van der Waals surface area contributed by atoms with Crippen molar-refractivity contribution in [2.24, 2.45) is 0 Å². The summed E-state index contributed by atoms with van der Waals surface area (Å²) in [7, 11) is 0. The summed E-state index contributed by atoms with van der Waals surface area (Å²) >= 11 is 18.8. The van der Waals surface area contributed by atoms with Crippen molar-refractivity contribution in [1.82, 2.24) is 14.3 Å². The molecule has 156 valence electrons. The van der Waals surface area contributed by atoms with Crippen molar-refractivity contribution in [2.75, 3.05) is 6.54 Å². The number of imidazole rings is 1. The second kappa shape index (κ2) is 8.19. The van der Waals surface area contributed by atoms with Crippen LogP contribution in [0.3, 0.4) is 0 Å². The van der Waals surface area contributed by atoms with Crippen molar-refractivity contribution in [3.8, 4) is 11.3 Å². The number of benzene rings is 2. The van der Waals surface area contributed by atoms with Gasteiger partial charge in [0, 0.05) is 29.9 Å². The van der Waals surface area contributed by atoms with Gasteiger partial charge in [-0.1, -0.05) is 71.2 Å². The molecule has 0 radical (unpaired) electrons. The SMILES string of the molecule is O=C(Cc1c(-c2ccc(Cl)cc2)nc2c(Cl)cc(Cl)cn12)N1CCc2ccccc2C1. The van der Waals surface area contributed by atoms with Gasteiger partial charge in [-0.05, 0) is 35.7 Å². The number of rotatable bonds is 3. The molecule has 7 heteroatoms. The van der Waals surface area contributed by atoms with Gasteiger partial charge in [-0.2, -0.15) is 0 Å². The molecule has 2 aromatic heterocycles. The highest BCUT2D eigenvalue weighted by atomic mass is 35.5. The molecule has 0 spiro atoms. The summed E-state index contributed by atoms with van der Waals surface area (Å²) in [6.07, 6.45) is 2.80. The number of halogens is 3. The Hall–Kier alpha value is -2.53. The minimum Gasteiger partial charge on any atom is -0.338 e. The predicted octanol–water partition coefficient (Wildman–Crippen LogP) is 6.09. The molecule has 0 unspecified atom stereocenters. The third-order valence-corrected chi connectivity index (χ3v) is 6.40. The molecule has 1 aliphatic heterocycles. The van der Waals surface area contributed by atoms with Crippen molar-refractivity contribution >= 4 is 46.4 Å². The number of pyridine rings is 1.